The molecule has 21 heavy (non-hydrogen) atoms. The predicted octanol–water partition coefficient (Wildman–Crippen LogP) is 0.567. The number of hydrogen-bond donors (Lipinski definition) is 1. The van der Waals surface area contributed by atoms with Crippen LogP contribution in [0.25, 0.3) is 0 Å². The zero-order valence-corrected chi connectivity index (χ0v) is 13.2. The Labute approximate surface area is 125 Å². The molecule has 2 atom stereocenters. The molecule has 2 N–H and O–H groups in total. The second kappa shape index (κ2) is 6.53. The Morgan fingerprint density at radius 2 is 1.86 bits per heavy atom. The van der Waals surface area contributed by atoms with Crippen molar-refractivity contribution in [3.8, 4) is 0 Å². The Morgan fingerprint density at radius 3 is 2.33 bits per heavy atom. The van der Waals surface area contributed by atoms with Crippen LogP contribution in [0, 0.1) is 12.8 Å². The van der Waals surface area contributed by atoms with E-state index in [2.05, 4.69) is 15.0 Å². The van der Waals surface area contributed by atoms with E-state index < -0.39 is 6.04 Å². The summed E-state index contributed by atoms with van der Waals surface area (Å²) in [5.41, 5.74) is 5.94. The molecule has 1 aliphatic rings. The molecule has 2 rings (SSSR count). The molecule has 1 fully saturated rings. The maximum Gasteiger partial charge on any atom is 0.243 e. The van der Waals surface area contributed by atoms with Crippen molar-refractivity contribution in [2.24, 2.45) is 11.7 Å². The van der Waals surface area contributed by atoms with Crippen LogP contribution in [-0.2, 0) is 4.79 Å². The molecule has 1 aliphatic heterocycles. The summed E-state index contributed by atoms with van der Waals surface area (Å²) in [6, 6.07) is -0.338. The van der Waals surface area contributed by atoms with Gasteiger partial charge in [-0.25, -0.2) is 0 Å². The van der Waals surface area contributed by atoms with Crippen LogP contribution in [0.4, 0.5) is 0 Å². The number of carbonyl (C=O) groups is 1. The first-order valence-corrected chi connectivity index (χ1v) is 7.48. The van der Waals surface area contributed by atoms with Crippen LogP contribution in [0.15, 0.2) is 4.52 Å². The lowest BCUT2D eigenvalue weighted by Crippen LogP contribution is -2.54. The summed E-state index contributed by atoms with van der Waals surface area (Å²) in [6.45, 7) is 10.8. The van der Waals surface area contributed by atoms with Gasteiger partial charge in [-0.05, 0) is 19.8 Å². The Kier molecular flexibility index (Phi) is 4.95. The zero-order valence-electron chi connectivity index (χ0n) is 13.2. The number of carbonyl (C=O) groups excluding carboxylic acids is 1. The molecule has 1 unspecified atom stereocenters. The fraction of sp³-hybridized carbons (Fsp3) is 0.786. The minimum absolute atomic E-state index is 0.0472. The van der Waals surface area contributed by atoms with Gasteiger partial charge in [-0.1, -0.05) is 19.0 Å². The third-order valence-electron chi connectivity index (χ3n) is 4.08. The quantitative estimate of drug-likeness (QED) is 0.873. The van der Waals surface area contributed by atoms with Crippen LogP contribution in [-0.4, -0.2) is 58.1 Å². The Hall–Kier alpha value is -1.47. The van der Waals surface area contributed by atoms with E-state index in [-0.39, 0.29) is 17.9 Å². The lowest BCUT2D eigenvalue weighted by atomic mass is 10.0. The van der Waals surface area contributed by atoms with Gasteiger partial charge in [0.1, 0.15) is 0 Å². The van der Waals surface area contributed by atoms with Gasteiger partial charge in [0, 0.05) is 26.2 Å². The molecule has 1 aromatic heterocycles. The van der Waals surface area contributed by atoms with Gasteiger partial charge >= 0.3 is 0 Å². The van der Waals surface area contributed by atoms with Crippen LogP contribution in [0.3, 0.4) is 0 Å². The predicted molar refractivity (Wildman–Crippen MR) is 78.4 cm³/mol. The van der Waals surface area contributed by atoms with Crippen molar-refractivity contribution in [3.05, 3.63) is 11.7 Å². The van der Waals surface area contributed by atoms with Crippen LogP contribution in [0.1, 0.15) is 38.5 Å². The highest BCUT2D eigenvalue weighted by Gasteiger charge is 2.30. The molecule has 0 spiro atoms. The number of nitrogens with two attached hydrogens (primary N) is 1. The molecule has 7 heteroatoms. The third kappa shape index (κ3) is 3.59. The van der Waals surface area contributed by atoms with Crippen molar-refractivity contribution in [1.82, 2.24) is 19.9 Å². The zero-order chi connectivity index (χ0) is 15.6. The molecule has 7 nitrogen and oxygen atoms in total. The highest BCUT2D eigenvalue weighted by molar-refractivity contribution is 5.82. The number of amides is 1. The van der Waals surface area contributed by atoms with E-state index in [1.165, 1.54) is 0 Å². The Morgan fingerprint density at radius 1 is 1.24 bits per heavy atom. The molecular formula is C14H25N5O2. The molecule has 0 aliphatic carbocycles. The van der Waals surface area contributed by atoms with Crippen LogP contribution >= 0.6 is 0 Å². The lowest BCUT2D eigenvalue weighted by molar-refractivity contribution is -0.135. The van der Waals surface area contributed by atoms with Crippen molar-refractivity contribution in [2.75, 3.05) is 26.2 Å². The number of hydrogen-bond acceptors (Lipinski definition) is 6. The van der Waals surface area contributed by atoms with Gasteiger partial charge in [0.05, 0.1) is 12.1 Å². The summed E-state index contributed by atoms with van der Waals surface area (Å²) < 4.78 is 5.22. The first-order valence-electron chi connectivity index (χ1n) is 7.48. The summed E-state index contributed by atoms with van der Waals surface area (Å²) >= 11 is 0. The topological polar surface area (TPSA) is 88.5 Å². The van der Waals surface area contributed by atoms with E-state index in [9.17, 15) is 4.79 Å². The molecular weight excluding hydrogens is 270 g/mol. The molecule has 1 saturated heterocycles. The SMILES string of the molecule is Cc1noc(C(C)N2CCN(C(=O)[C@@H](N)C(C)C)CC2)n1. The first kappa shape index (κ1) is 15.9. The van der Waals surface area contributed by atoms with E-state index in [4.69, 9.17) is 10.3 Å². The van der Waals surface area contributed by atoms with E-state index in [1.807, 2.05) is 32.6 Å². The highest BCUT2D eigenvalue weighted by atomic mass is 16.5. The molecule has 1 aromatic rings. The van der Waals surface area contributed by atoms with Crippen molar-refractivity contribution >= 4 is 5.91 Å². The van der Waals surface area contributed by atoms with Crippen LogP contribution in [0.5, 0.6) is 0 Å². The first-order chi connectivity index (χ1) is 9.90. The minimum Gasteiger partial charge on any atom is -0.339 e. The van der Waals surface area contributed by atoms with Crippen molar-refractivity contribution in [2.45, 2.75) is 39.8 Å². The molecule has 0 bridgehead atoms. The number of rotatable bonds is 4. The van der Waals surface area contributed by atoms with Gasteiger partial charge in [-0.3, -0.25) is 9.69 Å². The second-order valence-corrected chi connectivity index (χ2v) is 5.99. The number of aromatic nitrogens is 2. The van der Waals surface area contributed by atoms with Gasteiger partial charge in [0.2, 0.25) is 11.8 Å². The maximum absolute atomic E-state index is 12.2. The molecule has 1 amide bonds. The fourth-order valence-electron chi connectivity index (χ4n) is 2.46. The van der Waals surface area contributed by atoms with Gasteiger partial charge in [0.25, 0.3) is 0 Å². The van der Waals surface area contributed by atoms with Gasteiger partial charge in [0.15, 0.2) is 5.82 Å². The van der Waals surface area contributed by atoms with Crippen LogP contribution < -0.4 is 5.73 Å². The maximum atomic E-state index is 12.2. The monoisotopic (exact) mass is 295 g/mol. The number of nitrogens with zero attached hydrogens (tertiary/aromatic N) is 4. The third-order valence-corrected chi connectivity index (χ3v) is 4.08. The number of piperazine rings is 1. The summed E-state index contributed by atoms with van der Waals surface area (Å²) in [5, 5.41) is 3.82. The normalized spacial score (nSPS) is 19.8. The summed E-state index contributed by atoms with van der Waals surface area (Å²) in [7, 11) is 0. The van der Waals surface area contributed by atoms with E-state index in [0.29, 0.717) is 24.8 Å². The molecule has 0 saturated carbocycles. The highest BCUT2D eigenvalue weighted by Crippen LogP contribution is 2.20. The smallest absolute Gasteiger partial charge is 0.243 e. The lowest BCUT2D eigenvalue weighted by Gasteiger charge is -2.38. The van der Waals surface area contributed by atoms with Crippen molar-refractivity contribution < 1.29 is 9.32 Å². The Balaban J connectivity index is 1.90. The van der Waals surface area contributed by atoms with Gasteiger partial charge < -0.3 is 15.2 Å². The second-order valence-electron chi connectivity index (χ2n) is 5.99. The summed E-state index contributed by atoms with van der Waals surface area (Å²) in [6.07, 6.45) is 0. The molecule has 0 radical (unpaired) electrons. The van der Waals surface area contributed by atoms with E-state index in [0.717, 1.165) is 13.1 Å². The van der Waals surface area contributed by atoms with Gasteiger partial charge in [-0.15, -0.1) is 0 Å². The summed E-state index contributed by atoms with van der Waals surface area (Å²) in [5.74, 6) is 1.49. The standard InChI is InChI=1S/C14H25N5O2/c1-9(2)12(15)14(20)19-7-5-18(6-8-19)10(3)13-16-11(4)17-21-13/h9-10,12H,5-8,15H2,1-4H3/t10?,12-/m0/s1. The average molecular weight is 295 g/mol. The van der Waals surface area contributed by atoms with Crippen molar-refractivity contribution in [1.29, 1.82) is 0 Å². The molecule has 0 aromatic carbocycles. The van der Waals surface area contributed by atoms with Gasteiger partial charge in [-0.2, -0.15) is 4.98 Å². The van der Waals surface area contributed by atoms with Crippen LogP contribution in [0.2, 0.25) is 0 Å². The van der Waals surface area contributed by atoms with E-state index >= 15 is 0 Å². The number of aryl methyl sites for hydroxylation is 1. The van der Waals surface area contributed by atoms with Crippen molar-refractivity contribution in [3.63, 3.8) is 0 Å². The average Bonchev–Trinajstić information content (AvgIpc) is 2.91. The molecule has 2 heterocycles. The molecule has 118 valence electrons. The van der Waals surface area contributed by atoms with E-state index in [1.54, 1.807) is 0 Å². The largest absolute Gasteiger partial charge is 0.339 e. The minimum atomic E-state index is -0.410. The Bertz CT molecular complexity index is 479. The summed E-state index contributed by atoms with van der Waals surface area (Å²) in [4.78, 5) is 20.6. The fourth-order valence-corrected chi connectivity index (χ4v) is 2.46.